The highest BCUT2D eigenvalue weighted by Gasteiger charge is 2.29. The monoisotopic (exact) mass is 217 g/mol. The van der Waals surface area contributed by atoms with Gasteiger partial charge in [0, 0.05) is 12.5 Å². The number of amides is 1. The van der Waals surface area contributed by atoms with E-state index in [1.54, 1.807) is 0 Å². The van der Waals surface area contributed by atoms with Gasteiger partial charge in [0.1, 0.15) is 0 Å². The lowest BCUT2D eigenvalue weighted by atomic mass is 9.90. The summed E-state index contributed by atoms with van der Waals surface area (Å²) < 4.78 is 0. The minimum absolute atomic E-state index is 0.0534. The van der Waals surface area contributed by atoms with Crippen LogP contribution >= 0.6 is 11.6 Å². The molecular weight excluding hydrogens is 198 g/mol. The van der Waals surface area contributed by atoms with Crippen LogP contribution in [0.2, 0.25) is 0 Å². The lowest BCUT2D eigenvalue weighted by Crippen LogP contribution is -2.32. The van der Waals surface area contributed by atoms with E-state index in [9.17, 15) is 4.79 Å². The van der Waals surface area contributed by atoms with Gasteiger partial charge in [0.25, 0.3) is 0 Å². The highest BCUT2D eigenvalue weighted by atomic mass is 35.5. The standard InChI is InChI=1S/C11H20ClNO/c1-11(2,3)6-9(12)7-13-10(14)8-4-5-8/h8-9H,4-7H2,1-3H3,(H,13,14). The Balaban J connectivity index is 2.13. The summed E-state index contributed by atoms with van der Waals surface area (Å²) in [5.41, 5.74) is 0.233. The summed E-state index contributed by atoms with van der Waals surface area (Å²) in [5, 5.41) is 2.95. The zero-order valence-corrected chi connectivity index (χ0v) is 10.0. The van der Waals surface area contributed by atoms with Crippen molar-refractivity contribution < 1.29 is 4.79 Å². The molecule has 0 saturated heterocycles. The summed E-state index contributed by atoms with van der Waals surface area (Å²) >= 11 is 6.12. The van der Waals surface area contributed by atoms with Crippen LogP contribution in [0.5, 0.6) is 0 Å². The van der Waals surface area contributed by atoms with E-state index in [2.05, 4.69) is 26.1 Å². The summed E-state index contributed by atoms with van der Waals surface area (Å²) in [6.45, 7) is 7.08. The summed E-state index contributed by atoms with van der Waals surface area (Å²) in [4.78, 5) is 11.3. The molecule has 0 aromatic rings. The van der Waals surface area contributed by atoms with Gasteiger partial charge in [-0.25, -0.2) is 0 Å². The van der Waals surface area contributed by atoms with E-state index in [0.717, 1.165) is 19.3 Å². The van der Waals surface area contributed by atoms with Crippen LogP contribution in [-0.4, -0.2) is 17.8 Å². The molecule has 1 aliphatic carbocycles. The van der Waals surface area contributed by atoms with Gasteiger partial charge < -0.3 is 5.32 Å². The molecule has 1 atom stereocenters. The highest BCUT2D eigenvalue weighted by molar-refractivity contribution is 6.20. The Morgan fingerprint density at radius 2 is 2.07 bits per heavy atom. The van der Waals surface area contributed by atoms with Gasteiger partial charge in [-0.05, 0) is 24.7 Å². The number of carbonyl (C=O) groups excluding carboxylic acids is 1. The Hall–Kier alpha value is -0.240. The number of hydrogen-bond acceptors (Lipinski definition) is 1. The van der Waals surface area contributed by atoms with Crippen LogP contribution in [0.15, 0.2) is 0 Å². The van der Waals surface area contributed by atoms with E-state index < -0.39 is 0 Å². The first-order chi connectivity index (χ1) is 6.38. The van der Waals surface area contributed by atoms with Crippen LogP contribution in [0.3, 0.4) is 0 Å². The Kier molecular flexibility index (Phi) is 3.82. The molecule has 1 unspecified atom stereocenters. The van der Waals surface area contributed by atoms with E-state index in [1.165, 1.54) is 0 Å². The van der Waals surface area contributed by atoms with Crippen LogP contribution < -0.4 is 5.32 Å². The van der Waals surface area contributed by atoms with Gasteiger partial charge in [-0.15, -0.1) is 11.6 Å². The van der Waals surface area contributed by atoms with Crippen LogP contribution in [0.1, 0.15) is 40.0 Å². The molecule has 0 aromatic carbocycles. The third-order valence-electron chi connectivity index (χ3n) is 2.28. The first kappa shape index (κ1) is 11.8. The minimum Gasteiger partial charge on any atom is -0.354 e. The van der Waals surface area contributed by atoms with Crippen molar-refractivity contribution in [1.29, 1.82) is 0 Å². The summed E-state index contributed by atoms with van der Waals surface area (Å²) in [6.07, 6.45) is 3.04. The maximum Gasteiger partial charge on any atom is 0.223 e. The summed E-state index contributed by atoms with van der Waals surface area (Å²) in [6, 6.07) is 0. The van der Waals surface area contributed by atoms with Crippen molar-refractivity contribution in [3.05, 3.63) is 0 Å². The molecule has 1 amide bonds. The van der Waals surface area contributed by atoms with Crippen LogP contribution in [-0.2, 0) is 4.79 Å². The first-order valence-corrected chi connectivity index (χ1v) is 5.74. The highest BCUT2D eigenvalue weighted by Crippen LogP contribution is 2.29. The second-order valence-corrected chi connectivity index (χ2v) is 6.00. The molecule has 0 aromatic heterocycles. The molecule has 1 fully saturated rings. The van der Waals surface area contributed by atoms with Crippen molar-refractivity contribution in [1.82, 2.24) is 5.32 Å². The maximum atomic E-state index is 11.3. The van der Waals surface area contributed by atoms with Crippen molar-refractivity contribution in [3.8, 4) is 0 Å². The number of hydrogen-bond donors (Lipinski definition) is 1. The van der Waals surface area contributed by atoms with Crippen LogP contribution in [0.4, 0.5) is 0 Å². The fraction of sp³-hybridized carbons (Fsp3) is 0.909. The Labute approximate surface area is 91.4 Å². The number of carbonyl (C=O) groups is 1. The van der Waals surface area contributed by atoms with E-state index in [-0.39, 0.29) is 22.6 Å². The molecule has 82 valence electrons. The SMILES string of the molecule is CC(C)(C)CC(Cl)CNC(=O)C1CC1. The van der Waals surface area contributed by atoms with Crippen molar-refractivity contribution in [3.63, 3.8) is 0 Å². The van der Waals surface area contributed by atoms with Crippen LogP contribution in [0.25, 0.3) is 0 Å². The Morgan fingerprint density at radius 3 is 2.50 bits per heavy atom. The van der Waals surface area contributed by atoms with Gasteiger partial charge in [-0.2, -0.15) is 0 Å². The fourth-order valence-corrected chi connectivity index (χ4v) is 1.98. The predicted octanol–water partition coefficient (Wildman–Crippen LogP) is 2.56. The maximum absolute atomic E-state index is 11.3. The van der Waals surface area contributed by atoms with E-state index in [0.29, 0.717) is 6.54 Å². The largest absolute Gasteiger partial charge is 0.354 e. The van der Waals surface area contributed by atoms with Crippen molar-refractivity contribution in [2.75, 3.05) is 6.54 Å². The van der Waals surface area contributed by atoms with Gasteiger partial charge in [-0.3, -0.25) is 4.79 Å². The predicted molar refractivity (Wildman–Crippen MR) is 59.4 cm³/mol. The molecule has 1 rings (SSSR count). The molecule has 14 heavy (non-hydrogen) atoms. The van der Waals surface area contributed by atoms with Gasteiger partial charge in [0.2, 0.25) is 5.91 Å². The van der Waals surface area contributed by atoms with Crippen LogP contribution in [0, 0.1) is 11.3 Å². The van der Waals surface area contributed by atoms with Gasteiger partial charge in [-0.1, -0.05) is 20.8 Å². The number of rotatable bonds is 4. The third kappa shape index (κ3) is 4.85. The first-order valence-electron chi connectivity index (χ1n) is 5.30. The zero-order valence-electron chi connectivity index (χ0n) is 9.27. The molecule has 1 aliphatic rings. The Bertz CT molecular complexity index is 206. The molecule has 0 radical (unpaired) electrons. The summed E-state index contributed by atoms with van der Waals surface area (Å²) in [5.74, 6) is 0.470. The molecule has 0 spiro atoms. The van der Waals surface area contributed by atoms with Crippen molar-refractivity contribution >= 4 is 17.5 Å². The second-order valence-electron chi connectivity index (χ2n) is 5.38. The normalized spacial score (nSPS) is 19.1. The number of nitrogens with one attached hydrogen (secondary N) is 1. The molecule has 0 bridgehead atoms. The van der Waals surface area contributed by atoms with E-state index in [1.807, 2.05) is 0 Å². The van der Waals surface area contributed by atoms with E-state index >= 15 is 0 Å². The summed E-state index contributed by atoms with van der Waals surface area (Å²) in [7, 11) is 0. The van der Waals surface area contributed by atoms with Crippen molar-refractivity contribution in [2.45, 2.75) is 45.4 Å². The molecule has 0 aliphatic heterocycles. The van der Waals surface area contributed by atoms with Gasteiger partial charge >= 0.3 is 0 Å². The topological polar surface area (TPSA) is 29.1 Å². The molecule has 1 saturated carbocycles. The quantitative estimate of drug-likeness (QED) is 0.721. The smallest absolute Gasteiger partial charge is 0.223 e. The average Bonchev–Trinajstić information content (AvgIpc) is 2.78. The minimum atomic E-state index is 0.0534. The van der Waals surface area contributed by atoms with Gasteiger partial charge in [0.05, 0.1) is 5.38 Å². The average molecular weight is 218 g/mol. The lowest BCUT2D eigenvalue weighted by Gasteiger charge is -2.21. The molecule has 3 heteroatoms. The molecule has 0 heterocycles. The Morgan fingerprint density at radius 1 is 1.50 bits per heavy atom. The number of halogens is 1. The second kappa shape index (κ2) is 4.52. The number of alkyl halides is 1. The lowest BCUT2D eigenvalue weighted by molar-refractivity contribution is -0.122. The fourth-order valence-electron chi connectivity index (χ4n) is 1.44. The molecule has 1 N–H and O–H groups in total. The zero-order chi connectivity index (χ0) is 10.8. The van der Waals surface area contributed by atoms with Crippen molar-refractivity contribution in [2.24, 2.45) is 11.3 Å². The van der Waals surface area contributed by atoms with E-state index in [4.69, 9.17) is 11.6 Å². The third-order valence-corrected chi connectivity index (χ3v) is 2.59. The molecular formula is C11H20ClNO. The van der Waals surface area contributed by atoms with Gasteiger partial charge in [0.15, 0.2) is 0 Å². The molecule has 2 nitrogen and oxygen atoms in total.